The second kappa shape index (κ2) is 3.45. The molecule has 0 amide bonds. The van der Waals surface area contributed by atoms with Crippen molar-refractivity contribution in [1.29, 1.82) is 0 Å². The van der Waals surface area contributed by atoms with Crippen molar-refractivity contribution in [2.45, 2.75) is 6.92 Å². The molecule has 1 aromatic carbocycles. The van der Waals surface area contributed by atoms with Gasteiger partial charge in [0.15, 0.2) is 0 Å². The summed E-state index contributed by atoms with van der Waals surface area (Å²) in [4.78, 5) is 10.2. The molecule has 76 valence electrons. The number of hydrogen-bond donors (Lipinski definition) is 0. The van der Waals surface area contributed by atoms with E-state index in [1.54, 1.807) is 19.1 Å². The maximum absolute atomic E-state index is 10.6. The fraction of sp³-hybridized carbons (Fsp3) is 0.125. The monoisotopic (exact) mass is 205 g/mol. The Labute approximate surface area is 84.5 Å². The van der Waals surface area contributed by atoms with Crippen LogP contribution >= 0.6 is 0 Å². The minimum atomic E-state index is -0.418. The van der Waals surface area contributed by atoms with Crippen molar-refractivity contribution < 1.29 is 4.92 Å². The van der Waals surface area contributed by atoms with E-state index >= 15 is 0 Å². The van der Waals surface area contributed by atoms with Crippen LogP contribution in [-0.2, 0) is 0 Å². The summed E-state index contributed by atoms with van der Waals surface area (Å²) in [6.45, 7) is 1.67. The largest absolute Gasteiger partial charge is 0.272 e. The van der Waals surface area contributed by atoms with Crippen LogP contribution in [0.25, 0.3) is 5.69 Å². The van der Waals surface area contributed by atoms with Gasteiger partial charge in [-0.2, -0.15) is 0 Å². The predicted molar refractivity (Wildman–Crippen MR) is 50.5 cm³/mol. The first-order valence-electron chi connectivity index (χ1n) is 4.17. The number of benzene rings is 1. The van der Waals surface area contributed by atoms with Crippen LogP contribution in [0.3, 0.4) is 0 Å². The summed E-state index contributed by atoms with van der Waals surface area (Å²) < 4.78 is 1.44. The maximum atomic E-state index is 10.6. The summed E-state index contributed by atoms with van der Waals surface area (Å²) in [5.74, 6) is 0. The molecule has 0 spiro atoms. The van der Waals surface area contributed by atoms with Gasteiger partial charge in [-0.15, -0.1) is 5.10 Å². The molecule has 0 aliphatic rings. The van der Waals surface area contributed by atoms with E-state index in [0.29, 0.717) is 11.3 Å². The van der Waals surface area contributed by atoms with Crippen LogP contribution in [0.15, 0.2) is 24.5 Å². The van der Waals surface area contributed by atoms with Crippen molar-refractivity contribution in [3.8, 4) is 5.69 Å². The molecule has 0 radical (unpaired) electrons. The standard InChI is InChI=1S/C8H7N5O2/c1-6-4-7(12-5-9-10-11-12)2-3-8(6)13(14)15/h2-5H,1H3. The van der Waals surface area contributed by atoms with E-state index in [1.165, 1.54) is 17.1 Å². The van der Waals surface area contributed by atoms with Crippen molar-refractivity contribution >= 4 is 5.69 Å². The van der Waals surface area contributed by atoms with Crippen molar-refractivity contribution in [2.24, 2.45) is 0 Å². The quantitative estimate of drug-likeness (QED) is 0.536. The lowest BCUT2D eigenvalue weighted by molar-refractivity contribution is -0.385. The third-order valence-corrected chi connectivity index (χ3v) is 1.99. The van der Waals surface area contributed by atoms with E-state index in [1.807, 2.05) is 0 Å². The second-order valence-electron chi connectivity index (χ2n) is 2.98. The SMILES string of the molecule is Cc1cc(-n2cnnn2)ccc1[N+](=O)[O-]. The van der Waals surface area contributed by atoms with Crippen molar-refractivity contribution in [3.63, 3.8) is 0 Å². The minimum absolute atomic E-state index is 0.0897. The van der Waals surface area contributed by atoms with Gasteiger partial charge in [0.25, 0.3) is 5.69 Å². The number of nitro benzene ring substituents is 1. The van der Waals surface area contributed by atoms with Gasteiger partial charge in [-0.1, -0.05) is 0 Å². The molecule has 0 unspecified atom stereocenters. The van der Waals surface area contributed by atoms with Gasteiger partial charge in [-0.3, -0.25) is 10.1 Å². The van der Waals surface area contributed by atoms with Gasteiger partial charge in [0.1, 0.15) is 6.33 Å². The van der Waals surface area contributed by atoms with Crippen molar-refractivity contribution in [1.82, 2.24) is 20.2 Å². The highest BCUT2D eigenvalue weighted by molar-refractivity contribution is 5.46. The van der Waals surface area contributed by atoms with Crippen molar-refractivity contribution in [3.05, 3.63) is 40.2 Å². The molecule has 0 bridgehead atoms. The van der Waals surface area contributed by atoms with Crippen LogP contribution in [0.2, 0.25) is 0 Å². The Bertz CT molecular complexity index is 494. The van der Waals surface area contributed by atoms with Gasteiger partial charge in [-0.05, 0) is 29.5 Å². The summed E-state index contributed by atoms with van der Waals surface area (Å²) in [5.41, 5.74) is 1.36. The molecule has 0 N–H and O–H groups in total. The predicted octanol–water partition coefficient (Wildman–Crippen LogP) is 0.879. The zero-order valence-electron chi connectivity index (χ0n) is 7.86. The van der Waals surface area contributed by atoms with Gasteiger partial charge < -0.3 is 0 Å². The van der Waals surface area contributed by atoms with Crippen LogP contribution < -0.4 is 0 Å². The van der Waals surface area contributed by atoms with Gasteiger partial charge >= 0.3 is 0 Å². The number of nitrogens with zero attached hydrogens (tertiary/aromatic N) is 5. The fourth-order valence-corrected chi connectivity index (χ4v) is 1.27. The summed E-state index contributed by atoms with van der Waals surface area (Å²) in [6, 6.07) is 4.70. The lowest BCUT2D eigenvalue weighted by Gasteiger charge is -2.01. The van der Waals surface area contributed by atoms with E-state index in [0.717, 1.165) is 0 Å². The van der Waals surface area contributed by atoms with Crippen LogP contribution in [-0.4, -0.2) is 25.1 Å². The molecule has 0 atom stereocenters. The summed E-state index contributed by atoms with van der Waals surface area (Å²) in [5, 5.41) is 21.2. The zero-order valence-corrected chi connectivity index (χ0v) is 7.86. The molecular formula is C8H7N5O2. The number of rotatable bonds is 2. The first-order valence-corrected chi connectivity index (χ1v) is 4.17. The molecule has 1 heterocycles. The van der Waals surface area contributed by atoms with Gasteiger partial charge in [-0.25, -0.2) is 4.68 Å². The molecule has 0 fully saturated rings. The lowest BCUT2D eigenvalue weighted by Crippen LogP contribution is -1.98. The van der Waals surface area contributed by atoms with Crippen LogP contribution in [0.5, 0.6) is 0 Å². The van der Waals surface area contributed by atoms with E-state index in [2.05, 4.69) is 15.5 Å². The Morgan fingerprint density at radius 2 is 2.27 bits per heavy atom. The van der Waals surface area contributed by atoms with E-state index < -0.39 is 4.92 Å². The van der Waals surface area contributed by atoms with E-state index in [-0.39, 0.29) is 5.69 Å². The Kier molecular flexibility index (Phi) is 2.13. The molecule has 2 aromatic rings. The number of hydrogen-bond acceptors (Lipinski definition) is 5. The second-order valence-corrected chi connectivity index (χ2v) is 2.98. The average Bonchev–Trinajstić information content (AvgIpc) is 2.69. The molecule has 7 heteroatoms. The Balaban J connectivity index is 2.47. The van der Waals surface area contributed by atoms with Gasteiger partial charge in [0, 0.05) is 11.6 Å². The smallest absolute Gasteiger partial charge is 0.258 e. The molecule has 15 heavy (non-hydrogen) atoms. The molecule has 1 aromatic heterocycles. The third kappa shape index (κ3) is 1.66. The molecule has 0 aliphatic carbocycles. The first kappa shape index (κ1) is 9.25. The topological polar surface area (TPSA) is 86.7 Å². The minimum Gasteiger partial charge on any atom is -0.258 e. The molecule has 7 nitrogen and oxygen atoms in total. The molecular weight excluding hydrogens is 198 g/mol. The van der Waals surface area contributed by atoms with Crippen LogP contribution in [0.4, 0.5) is 5.69 Å². The molecule has 0 aliphatic heterocycles. The summed E-state index contributed by atoms with van der Waals surface area (Å²) in [7, 11) is 0. The molecule has 2 rings (SSSR count). The normalized spacial score (nSPS) is 10.2. The maximum Gasteiger partial charge on any atom is 0.272 e. The number of tetrazole rings is 1. The fourth-order valence-electron chi connectivity index (χ4n) is 1.27. The van der Waals surface area contributed by atoms with Gasteiger partial charge in [0.05, 0.1) is 10.6 Å². The average molecular weight is 205 g/mol. The van der Waals surface area contributed by atoms with Crippen LogP contribution in [0.1, 0.15) is 5.56 Å². The lowest BCUT2D eigenvalue weighted by atomic mass is 10.2. The van der Waals surface area contributed by atoms with E-state index in [4.69, 9.17) is 0 Å². The number of nitro groups is 1. The highest BCUT2D eigenvalue weighted by Gasteiger charge is 2.10. The Morgan fingerprint density at radius 3 is 2.80 bits per heavy atom. The number of aryl methyl sites for hydroxylation is 1. The highest BCUT2D eigenvalue weighted by atomic mass is 16.6. The summed E-state index contributed by atoms with van der Waals surface area (Å²) in [6.07, 6.45) is 1.43. The third-order valence-electron chi connectivity index (χ3n) is 1.99. The van der Waals surface area contributed by atoms with Gasteiger partial charge in [0.2, 0.25) is 0 Å². The van der Waals surface area contributed by atoms with Crippen molar-refractivity contribution in [2.75, 3.05) is 0 Å². The molecule has 0 saturated heterocycles. The van der Waals surface area contributed by atoms with Crippen LogP contribution in [0, 0.1) is 17.0 Å². The number of aromatic nitrogens is 4. The summed E-state index contributed by atoms with van der Waals surface area (Å²) >= 11 is 0. The molecule has 0 saturated carbocycles. The Hall–Kier alpha value is -2.31. The van der Waals surface area contributed by atoms with E-state index in [9.17, 15) is 10.1 Å². The highest BCUT2D eigenvalue weighted by Crippen LogP contribution is 2.19. The first-order chi connectivity index (χ1) is 7.18. The zero-order chi connectivity index (χ0) is 10.8. The Morgan fingerprint density at radius 1 is 1.47 bits per heavy atom.